The number of hydrogen-bond acceptors (Lipinski definition) is 12. The van der Waals surface area contributed by atoms with E-state index in [0.29, 0.717) is 16.7 Å². The number of aliphatic hydroxyl groups is 1. The van der Waals surface area contributed by atoms with E-state index in [1.807, 2.05) is 39.0 Å². The van der Waals surface area contributed by atoms with Gasteiger partial charge in [-0.05, 0) is 23.8 Å². The summed E-state index contributed by atoms with van der Waals surface area (Å²) in [5.41, 5.74) is 1.72. The number of ether oxygens (including phenoxy) is 2. The number of anilines is 2. The van der Waals surface area contributed by atoms with Crippen molar-refractivity contribution in [1.82, 2.24) is 24.6 Å². The molecule has 0 bridgehead atoms. The molecule has 1 aliphatic heterocycles. The highest BCUT2D eigenvalue weighted by Crippen LogP contribution is 2.69. The Hall–Kier alpha value is -3.59. The molecular formula is C30H36ClFN7O7P. The number of imidazole rings is 1. The van der Waals surface area contributed by atoms with Gasteiger partial charge in [0.1, 0.15) is 23.5 Å². The van der Waals surface area contributed by atoms with Crippen molar-refractivity contribution in [2.45, 2.75) is 63.4 Å². The average molecular weight is 692 g/mol. The Balaban J connectivity index is 1.31. The van der Waals surface area contributed by atoms with Crippen molar-refractivity contribution < 1.29 is 37.4 Å². The third-order valence-corrected chi connectivity index (χ3v) is 10.2. The van der Waals surface area contributed by atoms with Crippen LogP contribution in [0.5, 0.6) is 5.75 Å². The Morgan fingerprint density at radius 1 is 1.26 bits per heavy atom. The van der Waals surface area contributed by atoms with Crippen LogP contribution in [0.1, 0.15) is 33.9 Å². The fourth-order valence-corrected chi connectivity index (χ4v) is 7.88. The molecule has 14 nitrogen and oxygen atoms in total. The van der Waals surface area contributed by atoms with E-state index in [1.165, 1.54) is 17.8 Å². The molecule has 2 aliphatic rings. The van der Waals surface area contributed by atoms with Gasteiger partial charge in [0.15, 0.2) is 35.0 Å². The standard InChI is InChI=1S/C30H36ClFN7O7P/c1-16(25(40)43-14-28(2,3)4)38-47(42,45-19-12-8-10-17-9-6-7-11-18(17)19)46-26-29(13-31)30(26,41)21(32)24(44-29)39-15-35-20-22(34-5)36-27(33)37-23(20)39/h6-12,15-16,21,24,26,41H,13-14H2,1-5H3,(H,38,42)(H3,33,34,36,37)/t16-,21-,24+,26?,29+,30+,47+/m0/s1. The summed E-state index contributed by atoms with van der Waals surface area (Å²) < 4.78 is 55.7. The predicted molar refractivity (Wildman–Crippen MR) is 173 cm³/mol. The van der Waals surface area contributed by atoms with E-state index >= 15 is 4.39 Å². The number of rotatable bonds is 11. The van der Waals surface area contributed by atoms with Gasteiger partial charge in [-0.25, -0.2) is 13.9 Å². The summed E-state index contributed by atoms with van der Waals surface area (Å²) in [7, 11) is -2.99. The number of fused-ring (bicyclic) bond motifs is 3. The van der Waals surface area contributed by atoms with Gasteiger partial charge < -0.3 is 30.2 Å². The Morgan fingerprint density at radius 3 is 2.66 bits per heavy atom. The number of halogens is 2. The summed E-state index contributed by atoms with van der Waals surface area (Å²) in [6.07, 6.45) is -3.92. The summed E-state index contributed by atoms with van der Waals surface area (Å²) in [6, 6.07) is 11.1. The summed E-state index contributed by atoms with van der Waals surface area (Å²) in [6.45, 7) is 7.20. The van der Waals surface area contributed by atoms with Crippen molar-refractivity contribution >= 4 is 59.0 Å². The van der Waals surface area contributed by atoms with Gasteiger partial charge in [0.25, 0.3) is 0 Å². The highest BCUT2D eigenvalue weighted by Gasteiger charge is 2.90. The van der Waals surface area contributed by atoms with Crippen LogP contribution in [0.25, 0.3) is 21.9 Å². The minimum Gasteiger partial charge on any atom is -0.464 e. The number of nitrogens with two attached hydrogens (primary N) is 1. The summed E-state index contributed by atoms with van der Waals surface area (Å²) in [4.78, 5) is 25.4. The highest BCUT2D eigenvalue weighted by atomic mass is 35.5. The van der Waals surface area contributed by atoms with Crippen LogP contribution >= 0.6 is 19.3 Å². The van der Waals surface area contributed by atoms with E-state index in [1.54, 1.807) is 31.3 Å². The number of aromatic nitrogens is 4. The maximum absolute atomic E-state index is 16.4. The molecule has 0 amide bonds. The number of esters is 1. The first-order chi connectivity index (χ1) is 22.2. The van der Waals surface area contributed by atoms with Gasteiger partial charge in [-0.15, -0.1) is 11.6 Å². The fraction of sp³-hybridized carbons (Fsp3) is 0.467. The molecule has 1 saturated heterocycles. The smallest absolute Gasteiger partial charge is 0.459 e. The molecule has 1 saturated carbocycles. The lowest BCUT2D eigenvalue weighted by Crippen LogP contribution is -2.38. The first-order valence-electron chi connectivity index (χ1n) is 14.8. The Morgan fingerprint density at radius 2 is 1.98 bits per heavy atom. The third kappa shape index (κ3) is 5.68. The first-order valence-corrected chi connectivity index (χ1v) is 16.9. The molecule has 47 heavy (non-hydrogen) atoms. The highest BCUT2D eigenvalue weighted by molar-refractivity contribution is 7.52. The van der Waals surface area contributed by atoms with Gasteiger partial charge in [-0.1, -0.05) is 57.2 Å². The van der Waals surface area contributed by atoms with Crippen LogP contribution in [0.15, 0.2) is 48.8 Å². The molecule has 0 spiro atoms. The number of nitrogens with one attached hydrogen (secondary N) is 2. The van der Waals surface area contributed by atoms with Crippen LogP contribution in [0, 0.1) is 5.41 Å². The fourth-order valence-electron chi connectivity index (χ4n) is 5.70. The number of carbonyl (C=O) groups is 1. The topological polar surface area (TPSA) is 185 Å². The van der Waals surface area contributed by atoms with Crippen LogP contribution in [0.4, 0.5) is 16.2 Å². The van der Waals surface area contributed by atoms with Crippen molar-refractivity contribution in [1.29, 1.82) is 0 Å². The molecule has 252 valence electrons. The SMILES string of the molecule is CNc1nc(N)nc2c1ncn2[C@@H]1O[C@]2(CCl)C(O[P@@](=O)(N[C@@H](C)C(=O)OCC(C)(C)C)Oc3cccc4ccccc34)[C@]2(O)[C@H]1F. The molecule has 2 aromatic carbocycles. The van der Waals surface area contributed by atoms with E-state index in [2.05, 4.69) is 25.4 Å². The molecule has 1 aliphatic carbocycles. The largest absolute Gasteiger partial charge is 0.464 e. The Labute approximate surface area is 274 Å². The molecule has 4 aromatic rings. The van der Waals surface area contributed by atoms with Crippen molar-refractivity contribution in [3.8, 4) is 5.75 Å². The number of alkyl halides is 2. The molecule has 2 fully saturated rings. The van der Waals surface area contributed by atoms with Crippen molar-refractivity contribution in [3.63, 3.8) is 0 Å². The third-order valence-electron chi connectivity index (χ3n) is 8.13. The monoisotopic (exact) mass is 691 g/mol. The molecule has 1 unspecified atom stereocenters. The summed E-state index contributed by atoms with van der Waals surface area (Å²) >= 11 is 6.33. The lowest BCUT2D eigenvalue weighted by atomic mass is 9.99. The molecule has 6 rings (SSSR count). The minimum atomic E-state index is -4.61. The Bertz CT molecular complexity index is 1880. The second-order valence-electron chi connectivity index (χ2n) is 12.8. The number of nitrogens with zero attached hydrogens (tertiary/aromatic N) is 4. The van der Waals surface area contributed by atoms with Crippen LogP contribution in [-0.2, 0) is 23.4 Å². The maximum Gasteiger partial charge on any atom is 0.459 e. The minimum absolute atomic E-state index is 0.0955. The molecule has 0 radical (unpaired) electrons. The lowest BCUT2D eigenvalue weighted by Gasteiger charge is -2.27. The van der Waals surface area contributed by atoms with E-state index in [0.717, 1.165) is 5.39 Å². The van der Waals surface area contributed by atoms with E-state index in [-0.39, 0.29) is 29.4 Å². The normalized spacial score (nSPS) is 27.3. The van der Waals surface area contributed by atoms with Gasteiger partial charge in [-0.2, -0.15) is 15.1 Å². The van der Waals surface area contributed by atoms with E-state index in [9.17, 15) is 14.5 Å². The van der Waals surface area contributed by atoms with Crippen molar-refractivity contribution in [2.24, 2.45) is 5.41 Å². The van der Waals surface area contributed by atoms with Gasteiger partial charge in [-0.3, -0.25) is 13.9 Å². The first kappa shape index (κ1) is 33.3. The zero-order chi connectivity index (χ0) is 33.9. The van der Waals surface area contributed by atoms with Crippen LogP contribution in [-0.4, -0.2) is 79.6 Å². The molecule has 3 heterocycles. The van der Waals surface area contributed by atoms with Crippen LogP contribution in [0.2, 0.25) is 0 Å². The number of nitrogen functional groups attached to an aromatic ring is 1. The molecule has 2 aromatic heterocycles. The van der Waals surface area contributed by atoms with Crippen LogP contribution < -0.4 is 20.7 Å². The molecule has 17 heteroatoms. The second-order valence-corrected chi connectivity index (χ2v) is 14.7. The summed E-state index contributed by atoms with van der Waals surface area (Å²) in [5.74, 6) is -0.800. The zero-order valence-corrected chi connectivity index (χ0v) is 28.0. The number of hydrogen-bond donors (Lipinski definition) is 4. The second kappa shape index (κ2) is 11.8. The van der Waals surface area contributed by atoms with Crippen molar-refractivity contribution in [3.05, 3.63) is 48.8 Å². The summed E-state index contributed by atoms with van der Waals surface area (Å²) in [5, 5.41) is 18.6. The van der Waals surface area contributed by atoms with Crippen LogP contribution in [0.3, 0.4) is 0 Å². The number of carbonyl (C=O) groups excluding carboxylic acids is 1. The maximum atomic E-state index is 16.4. The predicted octanol–water partition coefficient (Wildman–Crippen LogP) is 4.33. The van der Waals surface area contributed by atoms with E-state index in [4.69, 9.17) is 35.9 Å². The quantitative estimate of drug-likeness (QED) is 0.0991. The van der Waals surface area contributed by atoms with Gasteiger partial charge in [0.05, 0.1) is 18.8 Å². The van der Waals surface area contributed by atoms with E-state index < -0.39 is 55.3 Å². The van der Waals surface area contributed by atoms with Crippen molar-refractivity contribution in [2.75, 3.05) is 30.6 Å². The Kier molecular flexibility index (Phi) is 8.38. The molecule has 5 N–H and O–H groups in total. The molecule has 7 atom stereocenters. The van der Waals surface area contributed by atoms with Gasteiger partial charge in [0, 0.05) is 12.4 Å². The lowest BCUT2D eigenvalue weighted by molar-refractivity contribution is -0.148. The number of benzene rings is 2. The average Bonchev–Trinajstić information content (AvgIpc) is 3.25. The zero-order valence-electron chi connectivity index (χ0n) is 26.3. The van der Waals surface area contributed by atoms with Gasteiger partial charge >= 0.3 is 13.7 Å². The van der Waals surface area contributed by atoms with Gasteiger partial charge in [0.2, 0.25) is 5.95 Å². The molecular weight excluding hydrogens is 656 g/mol.